The summed E-state index contributed by atoms with van der Waals surface area (Å²) in [5.74, 6) is 0. The molecule has 13 aromatic rings. The Bertz CT molecular complexity index is 3940. The van der Waals surface area contributed by atoms with E-state index < -0.39 is 0 Å². The van der Waals surface area contributed by atoms with E-state index in [2.05, 4.69) is 262 Å². The zero-order chi connectivity index (χ0) is 45.2. The Kier molecular flexibility index (Phi) is 8.20. The monoisotopic (exact) mass is 896 g/mol. The summed E-state index contributed by atoms with van der Waals surface area (Å²) >= 11 is 1.87. The maximum atomic E-state index is 2.52. The van der Waals surface area contributed by atoms with Crippen molar-refractivity contribution in [1.82, 2.24) is 9.13 Å². The standard InChI is InChI=1S/C64H40N4S/c1-3-19-41(20-4-1)65-53-29-13-7-23-45(53)61-47-25-9-15-31-55(47)67(63(61)49-27-11-17-33-57(49)65)43-35-37-59-51(39-43)52-40-44(36-38-60(52)69-59)68-56-32-16-10-26-48(56)62-46-24-8-14-30-54(46)66(42-21-5-2-6-22-42)58-34-18-12-28-50(58)64(62)68/h1-40H. The van der Waals surface area contributed by atoms with Crippen LogP contribution in [0.1, 0.15) is 0 Å². The molecule has 69 heavy (non-hydrogen) atoms. The van der Waals surface area contributed by atoms with Gasteiger partial charge < -0.3 is 18.9 Å². The zero-order valence-corrected chi connectivity index (χ0v) is 38.1. The SMILES string of the molecule is c1ccc(N2c3ccccc3-c3c(n(-c4ccc5sc6ccc(-n7c8c(c9ccccc97)-c7ccccc7N(c7ccccc7)c7ccccc7-8)cc6c5c4)c4ccccc34)-c3ccccc32)cc1. The van der Waals surface area contributed by atoms with Gasteiger partial charge in [0.05, 0.1) is 45.2 Å². The maximum absolute atomic E-state index is 2.52. The molecule has 0 saturated heterocycles. The normalized spacial score (nSPS) is 12.6. The second-order valence-electron chi connectivity index (χ2n) is 18.0. The molecular weight excluding hydrogens is 857 g/mol. The van der Waals surface area contributed by atoms with Gasteiger partial charge in [-0.3, -0.25) is 0 Å². The van der Waals surface area contributed by atoms with Crippen molar-refractivity contribution in [1.29, 1.82) is 0 Å². The molecule has 2 aliphatic rings. The molecule has 0 amide bonds. The van der Waals surface area contributed by atoms with Gasteiger partial charge in [0.25, 0.3) is 0 Å². The van der Waals surface area contributed by atoms with Crippen molar-refractivity contribution < 1.29 is 0 Å². The van der Waals surface area contributed by atoms with Crippen LogP contribution in [-0.2, 0) is 0 Å². The number of nitrogens with zero attached hydrogens (tertiary/aromatic N) is 4. The van der Waals surface area contributed by atoms with E-state index in [9.17, 15) is 0 Å². The molecule has 5 heterocycles. The highest BCUT2D eigenvalue weighted by Gasteiger charge is 2.33. The Morgan fingerprint density at radius 3 is 1.04 bits per heavy atom. The quantitative estimate of drug-likeness (QED) is 0.175. The Morgan fingerprint density at radius 2 is 0.609 bits per heavy atom. The van der Waals surface area contributed by atoms with Crippen LogP contribution < -0.4 is 9.80 Å². The zero-order valence-electron chi connectivity index (χ0n) is 37.3. The highest BCUT2D eigenvalue weighted by atomic mass is 32.1. The van der Waals surface area contributed by atoms with Gasteiger partial charge in [0.15, 0.2) is 0 Å². The smallest absolute Gasteiger partial charge is 0.0641 e. The van der Waals surface area contributed by atoms with Gasteiger partial charge in [-0.2, -0.15) is 0 Å². The molecule has 0 unspecified atom stereocenters. The molecule has 3 aromatic heterocycles. The van der Waals surface area contributed by atoms with Crippen LogP contribution in [0.3, 0.4) is 0 Å². The van der Waals surface area contributed by atoms with Crippen molar-refractivity contribution in [2.45, 2.75) is 0 Å². The predicted octanol–water partition coefficient (Wildman–Crippen LogP) is 18.2. The highest BCUT2D eigenvalue weighted by molar-refractivity contribution is 7.25. The lowest BCUT2D eigenvalue weighted by Crippen LogP contribution is -2.11. The first-order chi connectivity index (χ1) is 34.3. The third-order valence-electron chi connectivity index (χ3n) is 14.4. The average molecular weight is 897 g/mol. The van der Waals surface area contributed by atoms with Gasteiger partial charge in [-0.25, -0.2) is 0 Å². The third kappa shape index (κ3) is 5.50. The van der Waals surface area contributed by atoms with Crippen LogP contribution in [0.2, 0.25) is 0 Å². The van der Waals surface area contributed by atoms with Crippen LogP contribution in [0, 0.1) is 0 Å². The average Bonchev–Trinajstić information content (AvgIpc) is 4.02. The van der Waals surface area contributed by atoms with Crippen LogP contribution in [0.5, 0.6) is 0 Å². The number of thiophene rings is 1. The fourth-order valence-corrected chi connectivity index (χ4v) is 12.6. The molecule has 0 spiro atoms. The molecule has 4 nitrogen and oxygen atoms in total. The van der Waals surface area contributed by atoms with Gasteiger partial charge in [-0.05, 0) is 97.1 Å². The van der Waals surface area contributed by atoms with Crippen LogP contribution >= 0.6 is 11.3 Å². The van der Waals surface area contributed by atoms with Crippen LogP contribution in [0.15, 0.2) is 243 Å². The maximum Gasteiger partial charge on any atom is 0.0641 e. The van der Waals surface area contributed by atoms with Crippen molar-refractivity contribution in [2.24, 2.45) is 0 Å². The summed E-state index contributed by atoms with van der Waals surface area (Å²) in [6, 6.07) is 89.3. The molecule has 5 heteroatoms. The van der Waals surface area contributed by atoms with E-state index in [0.717, 1.165) is 34.1 Å². The minimum atomic E-state index is 1.13. The second kappa shape index (κ2) is 14.8. The molecule has 322 valence electrons. The number of para-hydroxylation sites is 8. The number of fused-ring (bicyclic) bond motifs is 17. The molecule has 0 bridgehead atoms. The van der Waals surface area contributed by atoms with Crippen molar-refractivity contribution in [3.05, 3.63) is 243 Å². The summed E-state index contributed by atoms with van der Waals surface area (Å²) in [7, 11) is 0. The first-order valence-electron chi connectivity index (χ1n) is 23.6. The molecule has 0 radical (unpaired) electrons. The topological polar surface area (TPSA) is 16.3 Å². The molecular formula is C64H40N4S. The lowest BCUT2D eigenvalue weighted by molar-refractivity contribution is 1.14. The first kappa shape index (κ1) is 38.2. The lowest BCUT2D eigenvalue weighted by Gasteiger charge is -2.27. The molecule has 10 aromatic carbocycles. The number of anilines is 6. The van der Waals surface area contributed by atoms with E-state index in [1.807, 2.05) is 11.3 Å². The van der Waals surface area contributed by atoms with Gasteiger partial charge in [-0.1, -0.05) is 146 Å². The highest BCUT2D eigenvalue weighted by Crippen LogP contribution is 2.56. The predicted molar refractivity (Wildman–Crippen MR) is 291 cm³/mol. The summed E-state index contributed by atoms with van der Waals surface area (Å²) in [4.78, 5) is 4.87. The molecule has 0 aliphatic carbocycles. The van der Waals surface area contributed by atoms with E-state index in [1.165, 1.54) is 98.1 Å². The fraction of sp³-hybridized carbons (Fsp3) is 0. The van der Waals surface area contributed by atoms with Gasteiger partial charge in [0.1, 0.15) is 0 Å². The van der Waals surface area contributed by atoms with Crippen LogP contribution in [0.4, 0.5) is 34.1 Å². The van der Waals surface area contributed by atoms with Crippen LogP contribution in [-0.4, -0.2) is 9.13 Å². The van der Waals surface area contributed by atoms with Crippen molar-refractivity contribution in [3.8, 4) is 56.1 Å². The Morgan fingerprint density at radius 1 is 0.261 bits per heavy atom. The minimum Gasteiger partial charge on any atom is -0.309 e. The molecule has 0 saturated carbocycles. The number of hydrogen-bond donors (Lipinski definition) is 0. The molecule has 0 N–H and O–H groups in total. The van der Waals surface area contributed by atoms with Crippen LogP contribution in [0.25, 0.3) is 98.1 Å². The molecule has 0 fully saturated rings. The number of benzene rings is 10. The van der Waals surface area contributed by atoms with Crippen molar-refractivity contribution in [3.63, 3.8) is 0 Å². The van der Waals surface area contributed by atoms with E-state index in [1.54, 1.807) is 0 Å². The molecule has 0 atom stereocenters. The summed E-state index contributed by atoms with van der Waals surface area (Å²) in [5, 5.41) is 4.96. The van der Waals surface area contributed by atoms with E-state index in [0.29, 0.717) is 0 Å². The van der Waals surface area contributed by atoms with Crippen molar-refractivity contribution in [2.75, 3.05) is 9.80 Å². The number of rotatable bonds is 4. The largest absolute Gasteiger partial charge is 0.309 e. The third-order valence-corrected chi connectivity index (χ3v) is 15.5. The summed E-state index contributed by atoms with van der Waals surface area (Å²) in [6.07, 6.45) is 0. The summed E-state index contributed by atoms with van der Waals surface area (Å²) in [6.45, 7) is 0. The van der Waals surface area contributed by atoms with E-state index in [4.69, 9.17) is 0 Å². The lowest BCUT2D eigenvalue weighted by atomic mass is 9.98. The van der Waals surface area contributed by atoms with Crippen molar-refractivity contribution >= 4 is 87.4 Å². The second-order valence-corrected chi connectivity index (χ2v) is 19.1. The minimum absolute atomic E-state index is 1.13. The number of hydrogen-bond acceptors (Lipinski definition) is 3. The van der Waals surface area contributed by atoms with Gasteiger partial charge >= 0.3 is 0 Å². The van der Waals surface area contributed by atoms with E-state index in [-0.39, 0.29) is 0 Å². The Labute approximate surface area is 403 Å². The Balaban J connectivity index is 0.979. The molecule has 15 rings (SSSR count). The van der Waals surface area contributed by atoms with Gasteiger partial charge in [0, 0.05) is 87.1 Å². The van der Waals surface area contributed by atoms with E-state index >= 15 is 0 Å². The van der Waals surface area contributed by atoms with Gasteiger partial charge in [0.2, 0.25) is 0 Å². The molecule has 2 aliphatic heterocycles. The fourth-order valence-electron chi connectivity index (χ4n) is 11.6. The number of aromatic nitrogens is 2. The van der Waals surface area contributed by atoms with Gasteiger partial charge in [-0.15, -0.1) is 11.3 Å². The summed E-state index contributed by atoms with van der Waals surface area (Å²) < 4.78 is 7.58. The first-order valence-corrected chi connectivity index (χ1v) is 24.4. The summed E-state index contributed by atoms with van der Waals surface area (Å²) in [5.41, 5.74) is 21.2. The Hall–Kier alpha value is -8.90.